The minimum Gasteiger partial charge on any atom is -0.497 e. The first kappa shape index (κ1) is 22.3. The average Bonchev–Trinajstić information content (AvgIpc) is 2.78. The molecule has 0 saturated carbocycles. The molecule has 0 aromatic heterocycles. The Bertz CT molecular complexity index is 926. The second-order valence-electron chi connectivity index (χ2n) is 7.38. The van der Waals surface area contributed by atoms with Gasteiger partial charge in [-0.2, -0.15) is 0 Å². The third-order valence-corrected chi connectivity index (χ3v) is 6.93. The van der Waals surface area contributed by atoms with E-state index in [4.69, 9.17) is 4.74 Å². The lowest BCUT2D eigenvalue weighted by Crippen LogP contribution is -2.50. The number of hydrogen-bond acceptors (Lipinski definition) is 6. The maximum atomic E-state index is 12.6. The Morgan fingerprint density at radius 2 is 1.70 bits per heavy atom. The maximum Gasteiger partial charge on any atom is 0.234 e. The van der Waals surface area contributed by atoms with Gasteiger partial charge in [-0.1, -0.05) is 36.4 Å². The molecule has 1 aliphatic rings. The highest BCUT2D eigenvalue weighted by Gasteiger charge is 2.22. The minimum atomic E-state index is -3.36. The van der Waals surface area contributed by atoms with E-state index >= 15 is 0 Å². The minimum absolute atomic E-state index is 0.00732. The number of sulfone groups is 1. The zero-order valence-corrected chi connectivity index (χ0v) is 18.1. The summed E-state index contributed by atoms with van der Waals surface area (Å²) in [5, 5.41) is 2.95. The van der Waals surface area contributed by atoms with E-state index in [9.17, 15) is 13.2 Å². The molecule has 8 heteroatoms. The van der Waals surface area contributed by atoms with Gasteiger partial charge in [0, 0.05) is 39.3 Å². The Morgan fingerprint density at radius 3 is 2.40 bits per heavy atom. The van der Waals surface area contributed by atoms with Crippen LogP contribution < -0.4 is 10.1 Å². The van der Waals surface area contributed by atoms with E-state index in [0.29, 0.717) is 25.4 Å². The summed E-state index contributed by atoms with van der Waals surface area (Å²) in [5.41, 5.74) is 1.08. The van der Waals surface area contributed by atoms with Gasteiger partial charge >= 0.3 is 0 Å². The van der Waals surface area contributed by atoms with Crippen molar-refractivity contribution in [2.45, 2.75) is 11.4 Å². The molecule has 1 heterocycles. The van der Waals surface area contributed by atoms with Gasteiger partial charge in [0.05, 0.1) is 24.3 Å². The Kier molecular flexibility index (Phi) is 7.84. The number of carbonyl (C=O) groups is 1. The van der Waals surface area contributed by atoms with Gasteiger partial charge in [-0.05, 0) is 23.8 Å². The summed E-state index contributed by atoms with van der Waals surface area (Å²) in [4.78, 5) is 16.7. The number of rotatable bonds is 9. The molecule has 0 bridgehead atoms. The maximum absolute atomic E-state index is 12.6. The third kappa shape index (κ3) is 6.55. The number of hydrogen-bond donors (Lipinski definition) is 1. The summed E-state index contributed by atoms with van der Waals surface area (Å²) in [7, 11) is -1.84. The van der Waals surface area contributed by atoms with Gasteiger partial charge in [0.15, 0.2) is 9.84 Å². The molecule has 0 radical (unpaired) electrons. The molecular formula is C22H29N3O4S. The fourth-order valence-corrected chi connectivity index (χ4v) is 4.70. The van der Waals surface area contributed by atoms with Crippen LogP contribution in [0.25, 0.3) is 0 Å². The Morgan fingerprint density at radius 1 is 1.00 bits per heavy atom. The van der Waals surface area contributed by atoms with Gasteiger partial charge in [-0.25, -0.2) is 8.42 Å². The number of amides is 1. The molecule has 2 aromatic carbocycles. The first-order valence-corrected chi connectivity index (χ1v) is 11.7. The summed E-state index contributed by atoms with van der Waals surface area (Å²) in [6.07, 6.45) is 0. The number of piperazine rings is 1. The zero-order chi connectivity index (χ0) is 21.4. The number of ether oxygens (including phenoxy) is 1. The first-order valence-electron chi connectivity index (χ1n) is 10.1. The van der Waals surface area contributed by atoms with Crippen molar-refractivity contribution >= 4 is 15.7 Å². The van der Waals surface area contributed by atoms with Crippen LogP contribution in [0.15, 0.2) is 59.5 Å². The van der Waals surface area contributed by atoms with Crippen molar-refractivity contribution in [2.24, 2.45) is 0 Å². The van der Waals surface area contributed by atoms with E-state index in [0.717, 1.165) is 31.7 Å². The van der Waals surface area contributed by atoms with Gasteiger partial charge in [-0.15, -0.1) is 0 Å². The van der Waals surface area contributed by atoms with Gasteiger partial charge in [0.2, 0.25) is 5.91 Å². The normalized spacial score (nSPS) is 15.6. The molecule has 1 aliphatic heterocycles. The quantitative estimate of drug-likeness (QED) is 0.647. The molecular weight excluding hydrogens is 402 g/mol. The standard InChI is InChI=1S/C22H29N3O4S/c1-29-20-8-5-9-21(16-20)30(27,28)15-14-24-10-12-25(13-11-24)18-22(26)23-17-19-6-3-2-4-7-19/h2-9,16H,10-15,17-18H2,1H3,(H,23,26). The second kappa shape index (κ2) is 10.6. The molecule has 1 amide bonds. The van der Waals surface area contributed by atoms with Crippen LogP contribution in [0.1, 0.15) is 5.56 Å². The largest absolute Gasteiger partial charge is 0.497 e. The lowest BCUT2D eigenvalue weighted by Gasteiger charge is -2.34. The first-order chi connectivity index (χ1) is 14.5. The van der Waals surface area contributed by atoms with E-state index in [1.807, 2.05) is 30.3 Å². The van der Waals surface area contributed by atoms with E-state index in [1.54, 1.807) is 24.3 Å². The molecule has 2 aromatic rings. The Balaban J connectivity index is 1.39. The molecule has 30 heavy (non-hydrogen) atoms. The molecule has 0 atom stereocenters. The van der Waals surface area contributed by atoms with Crippen LogP contribution in [0, 0.1) is 0 Å². The number of nitrogens with zero attached hydrogens (tertiary/aromatic N) is 2. The van der Waals surface area contributed by atoms with Crippen LogP contribution in [0.3, 0.4) is 0 Å². The number of nitrogens with one attached hydrogen (secondary N) is 1. The molecule has 7 nitrogen and oxygen atoms in total. The van der Waals surface area contributed by atoms with Crippen LogP contribution in [-0.2, 0) is 21.2 Å². The van der Waals surface area contributed by atoms with Crippen molar-refractivity contribution in [3.63, 3.8) is 0 Å². The number of benzene rings is 2. The van der Waals surface area contributed by atoms with Gasteiger partial charge in [0.1, 0.15) is 5.75 Å². The smallest absolute Gasteiger partial charge is 0.234 e. The van der Waals surface area contributed by atoms with Crippen LogP contribution in [0.4, 0.5) is 0 Å². The van der Waals surface area contributed by atoms with Gasteiger partial charge in [-0.3, -0.25) is 14.6 Å². The summed E-state index contributed by atoms with van der Waals surface area (Å²) in [5.74, 6) is 0.612. The highest BCUT2D eigenvalue weighted by atomic mass is 32.2. The van der Waals surface area contributed by atoms with E-state index in [1.165, 1.54) is 7.11 Å². The Labute approximate surface area is 178 Å². The van der Waals surface area contributed by atoms with Crippen molar-refractivity contribution < 1.29 is 17.9 Å². The summed E-state index contributed by atoms with van der Waals surface area (Å²) in [6, 6.07) is 16.4. The molecule has 0 aliphatic carbocycles. The number of carbonyl (C=O) groups excluding carboxylic acids is 1. The van der Waals surface area contributed by atoms with Crippen molar-refractivity contribution in [3.05, 3.63) is 60.2 Å². The fraction of sp³-hybridized carbons (Fsp3) is 0.409. The van der Waals surface area contributed by atoms with E-state index < -0.39 is 9.84 Å². The van der Waals surface area contributed by atoms with E-state index in [2.05, 4.69) is 15.1 Å². The fourth-order valence-electron chi connectivity index (χ4n) is 3.39. The van der Waals surface area contributed by atoms with E-state index in [-0.39, 0.29) is 16.6 Å². The molecule has 1 saturated heterocycles. The number of methoxy groups -OCH3 is 1. The zero-order valence-electron chi connectivity index (χ0n) is 17.3. The van der Waals surface area contributed by atoms with Crippen LogP contribution in [0.2, 0.25) is 0 Å². The molecule has 3 rings (SSSR count). The average molecular weight is 432 g/mol. The Hall–Kier alpha value is -2.42. The lowest BCUT2D eigenvalue weighted by atomic mass is 10.2. The molecule has 1 N–H and O–H groups in total. The van der Waals surface area contributed by atoms with Gasteiger partial charge < -0.3 is 10.1 Å². The van der Waals surface area contributed by atoms with Crippen molar-refractivity contribution in [1.29, 1.82) is 0 Å². The molecule has 162 valence electrons. The van der Waals surface area contributed by atoms with Crippen LogP contribution >= 0.6 is 0 Å². The predicted octanol–water partition coefficient (Wildman–Crippen LogP) is 1.40. The molecule has 1 fully saturated rings. The van der Waals surface area contributed by atoms with Crippen molar-refractivity contribution in [2.75, 3.05) is 52.1 Å². The van der Waals surface area contributed by atoms with Crippen LogP contribution in [-0.4, -0.2) is 76.3 Å². The topological polar surface area (TPSA) is 79.0 Å². The van der Waals surface area contributed by atoms with Crippen molar-refractivity contribution in [3.8, 4) is 5.75 Å². The SMILES string of the molecule is COc1cccc(S(=O)(=O)CCN2CCN(CC(=O)NCc3ccccc3)CC2)c1. The second-order valence-corrected chi connectivity index (χ2v) is 9.49. The summed E-state index contributed by atoms with van der Waals surface area (Å²) >= 11 is 0. The van der Waals surface area contributed by atoms with Crippen molar-refractivity contribution in [1.82, 2.24) is 15.1 Å². The third-order valence-electron chi connectivity index (χ3n) is 5.24. The highest BCUT2D eigenvalue weighted by Crippen LogP contribution is 2.18. The summed E-state index contributed by atoms with van der Waals surface area (Å²) in [6.45, 7) is 4.37. The highest BCUT2D eigenvalue weighted by molar-refractivity contribution is 7.91. The molecule has 0 unspecified atom stereocenters. The monoisotopic (exact) mass is 431 g/mol. The lowest BCUT2D eigenvalue weighted by molar-refractivity contribution is -0.122. The molecule has 0 spiro atoms. The van der Waals surface area contributed by atoms with Gasteiger partial charge in [0.25, 0.3) is 0 Å². The predicted molar refractivity (Wildman–Crippen MR) is 116 cm³/mol. The van der Waals surface area contributed by atoms with Crippen LogP contribution in [0.5, 0.6) is 5.75 Å². The summed E-state index contributed by atoms with van der Waals surface area (Å²) < 4.78 is 30.3.